The van der Waals surface area contributed by atoms with Gasteiger partial charge in [-0.05, 0) is 79.1 Å². The maximum atomic E-state index is 11.4. The standard InChI is InChI=1S/C28H44O4/c1-17(2)18(3)7-8-19(4)21-9-10-22-23-15-24(30)28-16-20(29)11-12-26(28,6)27(23,31-32-28)14-13-25(21,22)5/h7-8,15,17-22,24,29-30H,9-14,16H2,1-6H3/b8-7+. The summed E-state index contributed by atoms with van der Waals surface area (Å²) in [5.41, 5.74) is -0.0297. The Morgan fingerprint density at radius 3 is 2.44 bits per heavy atom. The van der Waals surface area contributed by atoms with Crippen LogP contribution in [0.4, 0.5) is 0 Å². The van der Waals surface area contributed by atoms with Crippen molar-refractivity contribution in [3.8, 4) is 0 Å². The molecule has 1 spiro atoms. The fourth-order valence-corrected chi connectivity index (χ4v) is 8.56. The molecule has 2 bridgehead atoms. The lowest BCUT2D eigenvalue weighted by Crippen LogP contribution is -2.67. The minimum absolute atomic E-state index is 0.220. The second-order valence-electron chi connectivity index (χ2n) is 12.8. The highest BCUT2D eigenvalue weighted by Gasteiger charge is 2.78. The number of aliphatic hydroxyl groups is 2. The maximum Gasteiger partial charge on any atom is 0.144 e. The quantitative estimate of drug-likeness (QED) is 0.438. The molecule has 32 heavy (non-hydrogen) atoms. The van der Waals surface area contributed by atoms with Gasteiger partial charge in [-0.3, -0.25) is 0 Å². The summed E-state index contributed by atoms with van der Waals surface area (Å²) in [5, 5.41) is 21.8. The molecule has 0 radical (unpaired) electrons. The summed E-state index contributed by atoms with van der Waals surface area (Å²) in [5.74, 6) is 2.90. The van der Waals surface area contributed by atoms with Gasteiger partial charge in [-0.2, -0.15) is 0 Å². The Hall–Kier alpha value is -0.680. The Balaban J connectivity index is 1.47. The van der Waals surface area contributed by atoms with Gasteiger partial charge in [-0.15, -0.1) is 0 Å². The Bertz CT molecular complexity index is 818. The molecule has 3 saturated carbocycles. The van der Waals surface area contributed by atoms with E-state index in [1.54, 1.807) is 0 Å². The van der Waals surface area contributed by atoms with Gasteiger partial charge in [-0.25, -0.2) is 9.78 Å². The third-order valence-electron chi connectivity index (χ3n) is 11.2. The van der Waals surface area contributed by atoms with E-state index in [1.807, 2.05) is 0 Å². The fourth-order valence-electron chi connectivity index (χ4n) is 8.56. The highest BCUT2D eigenvalue weighted by atomic mass is 17.2. The molecular weight excluding hydrogens is 400 g/mol. The summed E-state index contributed by atoms with van der Waals surface area (Å²) in [4.78, 5) is 12.4. The lowest BCUT2D eigenvalue weighted by atomic mass is 9.44. The molecule has 0 aromatic carbocycles. The van der Waals surface area contributed by atoms with Crippen LogP contribution in [0.25, 0.3) is 0 Å². The van der Waals surface area contributed by atoms with Gasteiger partial charge in [0.1, 0.15) is 17.3 Å². The number of allylic oxidation sites excluding steroid dienone is 2. The van der Waals surface area contributed by atoms with Crippen LogP contribution in [-0.2, 0) is 9.78 Å². The molecule has 1 saturated heterocycles. The van der Waals surface area contributed by atoms with Crippen molar-refractivity contribution in [3.63, 3.8) is 0 Å². The summed E-state index contributed by atoms with van der Waals surface area (Å²) in [6.45, 7) is 14.1. The van der Waals surface area contributed by atoms with E-state index >= 15 is 0 Å². The monoisotopic (exact) mass is 444 g/mol. The van der Waals surface area contributed by atoms with E-state index in [9.17, 15) is 10.2 Å². The predicted molar refractivity (Wildman–Crippen MR) is 126 cm³/mol. The second kappa shape index (κ2) is 7.41. The topological polar surface area (TPSA) is 58.9 Å². The summed E-state index contributed by atoms with van der Waals surface area (Å²) < 4.78 is 0. The number of hydrogen-bond donors (Lipinski definition) is 2. The zero-order chi connectivity index (χ0) is 23.1. The van der Waals surface area contributed by atoms with E-state index in [1.165, 1.54) is 12.0 Å². The molecule has 5 rings (SSSR count). The van der Waals surface area contributed by atoms with Crippen molar-refractivity contribution < 1.29 is 20.0 Å². The molecule has 1 aliphatic heterocycles. The molecule has 5 aliphatic rings. The maximum absolute atomic E-state index is 11.4. The first kappa shape index (κ1) is 23.1. The number of aliphatic hydroxyl groups excluding tert-OH is 2. The van der Waals surface area contributed by atoms with Crippen molar-refractivity contribution in [2.75, 3.05) is 0 Å². The van der Waals surface area contributed by atoms with Gasteiger partial charge >= 0.3 is 0 Å². The third-order valence-corrected chi connectivity index (χ3v) is 11.2. The predicted octanol–water partition coefficient (Wildman–Crippen LogP) is 5.59. The molecule has 10 atom stereocenters. The highest BCUT2D eigenvalue weighted by molar-refractivity contribution is 5.42. The van der Waals surface area contributed by atoms with Crippen LogP contribution in [0.2, 0.25) is 0 Å². The third kappa shape index (κ3) is 2.76. The number of fused-ring (bicyclic) bond motifs is 2. The minimum Gasteiger partial charge on any atom is -0.393 e. The van der Waals surface area contributed by atoms with Gasteiger partial charge < -0.3 is 10.2 Å². The highest BCUT2D eigenvalue weighted by Crippen LogP contribution is 2.73. The Kier molecular flexibility index (Phi) is 5.34. The average Bonchev–Trinajstić information content (AvgIpc) is 3.18. The first-order chi connectivity index (χ1) is 15.0. The zero-order valence-corrected chi connectivity index (χ0v) is 20.9. The molecule has 1 heterocycles. The molecule has 0 amide bonds. The second-order valence-corrected chi connectivity index (χ2v) is 12.8. The summed E-state index contributed by atoms with van der Waals surface area (Å²) >= 11 is 0. The molecule has 4 fully saturated rings. The Labute approximate surface area is 194 Å². The lowest BCUT2D eigenvalue weighted by Gasteiger charge is -2.60. The van der Waals surface area contributed by atoms with Crippen LogP contribution < -0.4 is 0 Å². The smallest absolute Gasteiger partial charge is 0.144 e. The van der Waals surface area contributed by atoms with Crippen molar-refractivity contribution in [1.29, 1.82) is 0 Å². The first-order valence-corrected chi connectivity index (χ1v) is 13.1. The van der Waals surface area contributed by atoms with E-state index < -0.39 is 23.4 Å². The fraction of sp³-hybridized carbons (Fsp3) is 0.857. The SMILES string of the molecule is CC(C)C(C)/C=C/C(C)C1CCC2C3=CC(O)C45CC(O)CCC4(C)C3(CCC21C)OO5. The summed E-state index contributed by atoms with van der Waals surface area (Å²) in [6, 6.07) is 0. The van der Waals surface area contributed by atoms with Gasteiger partial charge in [-0.1, -0.05) is 59.8 Å². The van der Waals surface area contributed by atoms with Gasteiger partial charge in [0.15, 0.2) is 0 Å². The van der Waals surface area contributed by atoms with E-state index in [4.69, 9.17) is 9.78 Å². The summed E-state index contributed by atoms with van der Waals surface area (Å²) in [6.07, 6.45) is 12.4. The number of hydrogen-bond acceptors (Lipinski definition) is 4. The van der Waals surface area contributed by atoms with Gasteiger partial charge in [0.25, 0.3) is 0 Å². The van der Waals surface area contributed by atoms with Gasteiger partial charge in [0, 0.05) is 11.8 Å². The molecule has 4 heteroatoms. The van der Waals surface area contributed by atoms with Crippen LogP contribution in [0.3, 0.4) is 0 Å². The average molecular weight is 445 g/mol. The van der Waals surface area contributed by atoms with E-state index in [0.717, 1.165) is 32.1 Å². The van der Waals surface area contributed by atoms with Crippen molar-refractivity contribution in [3.05, 3.63) is 23.8 Å². The molecular formula is C28H44O4. The molecule has 0 aromatic rings. The van der Waals surface area contributed by atoms with Crippen LogP contribution >= 0.6 is 0 Å². The zero-order valence-electron chi connectivity index (χ0n) is 20.9. The Morgan fingerprint density at radius 1 is 0.969 bits per heavy atom. The molecule has 180 valence electrons. The van der Waals surface area contributed by atoms with Crippen LogP contribution in [-0.4, -0.2) is 33.6 Å². The number of rotatable bonds is 4. The normalized spacial score (nSPS) is 51.8. The largest absolute Gasteiger partial charge is 0.393 e. The molecule has 4 aliphatic carbocycles. The van der Waals surface area contributed by atoms with Crippen LogP contribution in [0.15, 0.2) is 23.8 Å². The molecule has 2 N–H and O–H groups in total. The first-order valence-electron chi connectivity index (χ1n) is 13.1. The van der Waals surface area contributed by atoms with Crippen molar-refractivity contribution in [2.45, 2.75) is 110 Å². The lowest BCUT2D eigenvalue weighted by molar-refractivity contribution is -0.357. The molecule has 4 nitrogen and oxygen atoms in total. The van der Waals surface area contributed by atoms with Crippen molar-refractivity contribution >= 4 is 0 Å². The summed E-state index contributed by atoms with van der Waals surface area (Å²) in [7, 11) is 0. The van der Waals surface area contributed by atoms with E-state index in [-0.39, 0.29) is 10.8 Å². The van der Waals surface area contributed by atoms with Crippen LogP contribution in [0, 0.1) is 40.4 Å². The van der Waals surface area contributed by atoms with Crippen LogP contribution in [0.5, 0.6) is 0 Å². The minimum atomic E-state index is -0.817. The van der Waals surface area contributed by atoms with Gasteiger partial charge in [0.05, 0.1) is 6.10 Å². The van der Waals surface area contributed by atoms with E-state index in [0.29, 0.717) is 36.0 Å². The molecule has 0 aromatic heterocycles. The van der Waals surface area contributed by atoms with Crippen molar-refractivity contribution in [2.24, 2.45) is 40.4 Å². The van der Waals surface area contributed by atoms with E-state index in [2.05, 4.69) is 59.8 Å². The van der Waals surface area contributed by atoms with Crippen molar-refractivity contribution in [1.82, 2.24) is 0 Å². The van der Waals surface area contributed by atoms with Crippen LogP contribution in [0.1, 0.15) is 86.5 Å². The van der Waals surface area contributed by atoms with Gasteiger partial charge in [0.2, 0.25) is 0 Å². The Morgan fingerprint density at radius 2 is 1.72 bits per heavy atom. The molecule has 10 unspecified atom stereocenters.